The zero-order valence-electron chi connectivity index (χ0n) is 25.7. The van der Waals surface area contributed by atoms with Gasteiger partial charge in [0.2, 0.25) is 0 Å². The van der Waals surface area contributed by atoms with Crippen molar-refractivity contribution in [1.82, 2.24) is 9.80 Å². The summed E-state index contributed by atoms with van der Waals surface area (Å²) < 4.78 is 37.3. The number of hydrogen-bond acceptors (Lipinski definition) is 8. The maximum Gasteiger partial charge on any atom is 0.262 e. The lowest BCUT2D eigenvalue weighted by Crippen LogP contribution is -2.78. The number of ether oxygens (including phenoxy) is 6. The van der Waals surface area contributed by atoms with Crippen LogP contribution < -0.4 is 0 Å². The molecule has 2 spiro atoms. The van der Waals surface area contributed by atoms with E-state index >= 15 is 0 Å². The fourth-order valence-electron chi connectivity index (χ4n) is 8.36. The van der Waals surface area contributed by atoms with E-state index in [2.05, 4.69) is 12.2 Å². The van der Waals surface area contributed by atoms with Gasteiger partial charge in [-0.05, 0) is 51.7 Å². The summed E-state index contributed by atoms with van der Waals surface area (Å²) >= 11 is 0. The molecule has 2 amide bonds. The highest BCUT2D eigenvalue weighted by Crippen LogP contribution is 2.53. The molecule has 0 radical (unpaired) electrons. The summed E-state index contributed by atoms with van der Waals surface area (Å²) in [4.78, 5) is 31.7. The summed E-state index contributed by atoms with van der Waals surface area (Å²) in [5.41, 5.74) is 1.28. The predicted molar refractivity (Wildman–Crippen MR) is 159 cm³/mol. The number of carbonyl (C=O) groups is 2. The van der Waals surface area contributed by atoms with Crippen LogP contribution in [0.15, 0.2) is 48.6 Å². The van der Waals surface area contributed by atoms with Gasteiger partial charge < -0.3 is 38.2 Å². The highest BCUT2D eigenvalue weighted by atomic mass is 16.7. The summed E-state index contributed by atoms with van der Waals surface area (Å²) in [5.74, 6) is -1.52. The predicted octanol–water partition coefficient (Wildman–Crippen LogP) is 3.07. The van der Waals surface area contributed by atoms with Crippen LogP contribution >= 0.6 is 0 Å². The first-order valence-electron chi connectivity index (χ1n) is 15.8. The van der Waals surface area contributed by atoms with Crippen molar-refractivity contribution in [2.45, 2.75) is 87.6 Å². The van der Waals surface area contributed by atoms with E-state index in [4.69, 9.17) is 28.4 Å². The lowest BCUT2D eigenvalue weighted by atomic mass is 9.70. The van der Waals surface area contributed by atoms with Crippen LogP contribution in [0.25, 0.3) is 11.1 Å². The molecule has 44 heavy (non-hydrogen) atoms. The molecule has 4 saturated heterocycles. The number of amides is 2. The van der Waals surface area contributed by atoms with Crippen molar-refractivity contribution in [2.75, 3.05) is 39.5 Å². The second-order valence-electron chi connectivity index (χ2n) is 13.6. The lowest BCUT2D eigenvalue weighted by molar-refractivity contribution is -0.207. The van der Waals surface area contributed by atoms with Gasteiger partial charge in [-0.2, -0.15) is 0 Å². The van der Waals surface area contributed by atoms with Crippen molar-refractivity contribution < 1.29 is 38.0 Å². The molecule has 9 aliphatic heterocycles. The van der Waals surface area contributed by atoms with E-state index in [1.54, 1.807) is 0 Å². The molecule has 10 nitrogen and oxygen atoms in total. The fourth-order valence-corrected chi connectivity index (χ4v) is 8.36. The number of β-lactam (4-membered cyclic amide) rings is 2. The molecule has 1 aromatic rings. The molecular formula is C34H40N2O8. The highest BCUT2D eigenvalue weighted by Gasteiger charge is 2.70. The Bertz CT molecular complexity index is 1370. The monoisotopic (exact) mass is 604 g/mol. The maximum absolute atomic E-state index is 14.0. The number of nitrogens with zero attached hydrogens (tertiary/aromatic N) is 2. The van der Waals surface area contributed by atoms with E-state index in [0.717, 1.165) is 22.3 Å². The molecule has 6 bridgehead atoms. The SMILES string of the molecule is CC1(C)OC[C@H]([C@@H]2N3CC/C=C/CCN4C(=O)[C@]5(OCC=C5c5ccc(cc5)C5=CCO[C@]52C3=O)[C@@H]4[C@H]2COC(C)(C)O2)O1. The van der Waals surface area contributed by atoms with Gasteiger partial charge >= 0.3 is 0 Å². The molecular weight excluding hydrogens is 564 g/mol. The van der Waals surface area contributed by atoms with E-state index < -0.39 is 22.8 Å². The number of benzene rings is 1. The third-order valence-corrected chi connectivity index (χ3v) is 10.2. The van der Waals surface area contributed by atoms with Crippen molar-refractivity contribution in [1.29, 1.82) is 0 Å². The highest BCUT2D eigenvalue weighted by molar-refractivity contribution is 6.08. The molecule has 10 rings (SSSR count). The molecule has 10 heteroatoms. The maximum atomic E-state index is 14.0. The molecule has 1 aromatic carbocycles. The Morgan fingerprint density at radius 2 is 1.05 bits per heavy atom. The van der Waals surface area contributed by atoms with Crippen molar-refractivity contribution in [2.24, 2.45) is 0 Å². The summed E-state index contributed by atoms with van der Waals surface area (Å²) in [6.07, 6.45) is 8.92. The van der Waals surface area contributed by atoms with E-state index in [-0.39, 0.29) is 36.1 Å². The largest absolute Gasteiger partial charge is 0.354 e. The molecule has 234 valence electrons. The second kappa shape index (κ2) is 9.82. The quantitative estimate of drug-likeness (QED) is 0.376. The third kappa shape index (κ3) is 3.94. The minimum atomic E-state index is -1.12. The van der Waals surface area contributed by atoms with Crippen LogP contribution in [0.2, 0.25) is 0 Å². The molecule has 0 N–H and O–H groups in total. The summed E-state index contributed by atoms with van der Waals surface area (Å²) in [5, 5.41) is 0. The molecule has 0 unspecified atom stereocenters. The van der Waals surface area contributed by atoms with Crippen molar-refractivity contribution >= 4 is 23.0 Å². The summed E-state index contributed by atoms with van der Waals surface area (Å²) in [7, 11) is 0. The Labute approximate surface area is 257 Å². The Hall–Kier alpha value is -2.86. The van der Waals surface area contributed by atoms with Crippen LogP contribution in [0.4, 0.5) is 0 Å². The number of rotatable bonds is 2. The average Bonchev–Trinajstić information content (AvgIpc) is 3.79. The molecule has 6 atom stereocenters. The molecule has 0 aromatic heterocycles. The van der Waals surface area contributed by atoms with Gasteiger partial charge in [-0.15, -0.1) is 0 Å². The molecule has 0 aliphatic carbocycles. The van der Waals surface area contributed by atoms with E-state index in [0.29, 0.717) is 52.4 Å². The van der Waals surface area contributed by atoms with Crippen LogP contribution in [-0.4, -0.2) is 108 Å². The van der Waals surface area contributed by atoms with Gasteiger partial charge in [0.15, 0.2) is 22.8 Å². The van der Waals surface area contributed by atoms with Crippen LogP contribution in [0.3, 0.4) is 0 Å². The van der Waals surface area contributed by atoms with Crippen LogP contribution in [0, 0.1) is 0 Å². The standard InChI is InChI=1S/C34H40N2O8/c1-31(2)41-19-25(43-31)27-33-23(13-17-39-33)21-9-11-22(12-10-21)24-14-18-40-34(24)28(26-20-42-32(3,4)44-26)36(30(34)38)16-8-6-5-7-15-35(27)29(33)37/h5-6,9-14,25-28H,7-8,15-20H2,1-4H3/b6-5+/t25-,26-,27+,28+,33-,34-/m1/s1. The topological polar surface area (TPSA) is 96.0 Å². The van der Waals surface area contributed by atoms with Crippen LogP contribution in [0.5, 0.6) is 0 Å². The molecule has 9 heterocycles. The Balaban J connectivity index is 1.17. The van der Waals surface area contributed by atoms with E-state index in [1.165, 1.54) is 0 Å². The molecule has 0 saturated carbocycles. The third-order valence-electron chi connectivity index (χ3n) is 10.2. The van der Waals surface area contributed by atoms with Gasteiger partial charge in [0.05, 0.1) is 26.4 Å². The summed E-state index contributed by atoms with van der Waals surface area (Å²) in [6.45, 7) is 10.2. The van der Waals surface area contributed by atoms with Gasteiger partial charge in [-0.1, -0.05) is 48.6 Å². The zero-order valence-corrected chi connectivity index (χ0v) is 25.7. The Morgan fingerprint density at radius 3 is 1.41 bits per heavy atom. The zero-order chi connectivity index (χ0) is 30.5. The van der Waals surface area contributed by atoms with Gasteiger partial charge in [0, 0.05) is 24.2 Å². The molecule has 4 fully saturated rings. The first kappa shape index (κ1) is 28.6. The van der Waals surface area contributed by atoms with Gasteiger partial charge in [-0.25, -0.2) is 0 Å². The number of fused-ring (bicyclic) bond motifs is 1. The van der Waals surface area contributed by atoms with Crippen molar-refractivity contribution in [3.8, 4) is 0 Å². The van der Waals surface area contributed by atoms with Crippen LogP contribution in [0.1, 0.15) is 51.7 Å². The minimum absolute atomic E-state index is 0.0356. The van der Waals surface area contributed by atoms with E-state index in [9.17, 15) is 9.59 Å². The Morgan fingerprint density at radius 1 is 0.636 bits per heavy atom. The Kier molecular flexibility index (Phi) is 6.38. The van der Waals surface area contributed by atoms with Gasteiger partial charge in [0.1, 0.15) is 24.3 Å². The minimum Gasteiger partial charge on any atom is -0.354 e. The fraction of sp³-hybridized carbons (Fsp3) is 0.588. The first-order chi connectivity index (χ1) is 21.1. The van der Waals surface area contributed by atoms with Crippen LogP contribution in [-0.2, 0) is 38.0 Å². The second-order valence-corrected chi connectivity index (χ2v) is 13.6. The van der Waals surface area contributed by atoms with Crippen molar-refractivity contribution in [3.63, 3.8) is 0 Å². The number of carbonyl (C=O) groups excluding carboxylic acids is 2. The average molecular weight is 605 g/mol. The van der Waals surface area contributed by atoms with Gasteiger partial charge in [0.25, 0.3) is 11.8 Å². The smallest absolute Gasteiger partial charge is 0.262 e. The van der Waals surface area contributed by atoms with Crippen molar-refractivity contribution in [3.05, 3.63) is 59.7 Å². The lowest BCUT2D eigenvalue weighted by Gasteiger charge is -2.56. The first-order valence-corrected chi connectivity index (χ1v) is 15.8. The number of hydrogen-bond donors (Lipinski definition) is 0. The summed E-state index contributed by atoms with van der Waals surface area (Å²) in [6, 6.07) is 7.48. The molecule has 9 aliphatic rings. The van der Waals surface area contributed by atoms with Gasteiger partial charge in [-0.3, -0.25) is 9.59 Å². The van der Waals surface area contributed by atoms with E-state index in [1.807, 2.05) is 73.9 Å². The normalized spacial score (nSPS) is 39.5.